The molecule has 92 valence electrons. The van der Waals surface area contributed by atoms with Crippen molar-refractivity contribution in [3.63, 3.8) is 0 Å². The van der Waals surface area contributed by atoms with Crippen molar-refractivity contribution < 1.29 is 4.21 Å². The van der Waals surface area contributed by atoms with Gasteiger partial charge in [-0.3, -0.25) is 0 Å². The first-order chi connectivity index (χ1) is 8.86. The maximum absolute atomic E-state index is 11.8. The number of hydrogen-bond acceptors (Lipinski definition) is 2. The van der Waals surface area contributed by atoms with Gasteiger partial charge in [-0.1, -0.05) is 48.5 Å². The predicted octanol–water partition coefficient (Wildman–Crippen LogP) is 3.06. The summed E-state index contributed by atoms with van der Waals surface area (Å²) in [5.74, 6) is 0. The van der Waals surface area contributed by atoms with Gasteiger partial charge in [0.1, 0.15) is 0 Å². The van der Waals surface area contributed by atoms with Crippen LogP contribution in [0.1, 0.15) is 5.56 Å². The van der Waals surface area contributed by atoms with Crippen LogP contribution in [0.2, 0.25) is 0 Å². The standard InChI is InChI=1S/C15H15NOS/c17-18(15-9-5-2-6-10-15)12-11-16-13-14-7-3-1-4-8-14/h1-12,16H,13H2/b12-11+. The zero-order chi connectivity index (χ0) is 12.6. The van der Waals surface area contributed by atoms with Crippen molar-refractivity contribution in [3.8, 4) is 0 Å². The Labute approximate surface area is 110 Å². The molecule has 0 heterocycles. The van der Waals surface area contributed by atoms with E-state index in [4.69, 9.17) is 0 Å². The molecule has 1 unspecified atom stereocenters. The summed E-state index contributed by atoms with van der Waals surface area (Å²) in [4.78, 5) is 0.815. The molecule has 2 aromatic rings. The van der Waals surface area contributed by atoms with Crippen LogP contribution >= 0.6 is 0 Å². The predicted molar refractivity (Wildman–Crippen MR) is 75.3 cm³/mol. The topological polar surface area (TPSA) is 29.1 Å². The Morgan fingerprint density at radius 1 is 0.944 bits per heavy atom. The van der Waals surface area contributed by atoms with Gasteiger partial charge in [-0.25, -0.2) is 4.21 Å². The molecule has 0 aliphatic rings. The summed E-state index contributed by atoms with van der Waals surface area (Å²) in [6, 6.07) is 19.5. The van der Waals surface area contributed by atoms with Crippen molar-refractivity contribution >= 4 is 10.8 Å². The van der Waals surface area contributed by atoms with Gasteiger partial charge in [0.2, 0.25) is 0 Å². The second kappa shape index (κ2) is 6.77. The quantitative estimate of drug-likeness (QED) is 0.892. The molecule has 0 saturated heterocycles. The second-order valence-electron chi connectivity index (χ2n) is 3.78. The van der Waals surface area contributed by atoms with Crippen LogP contribution in [0.5, 0.6) is 0 Å². The van der Waals surface area contributed by atoms with E-state index in [1.807, 2.05) is 48.5 Å². The van der Waals surface area contributed by atoms with Gasteiger partial charge >= 0.3 is 0 Å². The first kappa shape index (κ1) is 12.6. The molecule has 1 atom stereocenters. The molecule has 0 aliphatic heterocycles. The van der Waals surface area contributed by atoms with Gasteiger partial charge in [0.15, 0.2) is 0 Å². The Bertz CT molecular complexity index is 523. The van der Waals surface area contributed by atoms with Crippen molar-refractivity contribution in [1.82, 2.24) is 5.32 Å². The average Bonchev–Trinajstić information content (AvgIpc) is 2.45. The zero-order valence-corrected chi connectivity index (χ0v) is 10.8. The highest BCUT2D eigenvalue weighted by atomic mass is 32.2. The third-order valence-electron chi connectivity index (χ3n) is 2.43. The summed E-state index contributed by atoms with van der Waals surface area (Å²) in [6.07, 6.45) is 1.75. The third kappa shape index (κ3) is 3.86. The van der Waals surface area contributed by atoms with Gasteiger partial charge in [-0.05, 0) is 17.7 Å². The van der Waals surface area contributed by atoms with Crippen LogP contribution in [0.4, 0.5) is 0 Å². The highest BCUT2D eigenvalue weighted by Crippen LogP contribution is 2.05. The second-order valence-corrected chi connectivity index (χ2v) is 5.12. The molecule has 18 heavy (non-hydrogen) atoms. The van der Waals surface area contributed by atoms with Crippen molar-refractivity contribution in [1.29, 1.82) is 0 Å². The van der Waals surface area contributed by atoms with Gasteiger partial charge < -0.3 is 5.32 Å². The minimum absolute atomic E-state index is 0.739. The minimum atomic E-state index is -1.08. The molecule has 0 amide bonds. The van der Waals surface area contributed by atoms with Crippen LogP contribution < -0.4 is 5.32 Å². The molecule has 0 fully saturated rings. The third-order valence-corrected chi connectivity index (χ3v) is 3.55. The number of rotatable bonds is 5. The fraction of sp³-hybridized carbons (Fsp3) is 0.0667. The Balaban J connectivity index is 1.84. The molecule has 1 N–H and O–H groups in total. The van der Waals surface area contributed by atoms with Crippen LogP contribution in [-0.4, -0.2) is 4.21 Å². The zero-order valence-electron chi connectivity index (χ0n) is 9.95. The molecule has 0 spiro atoms. The van der Waals surface area contributed by atoms with Crippen LogP contribution in [0, 0.1) is 0 Å². The molecule has 0 saturated carbocycles. The lowest BCUT2D eigenvalue weighted by atomic mass is 10.2. The van der Waals surface area contributed by atoms with Crippen LogP contribution in [0.15, 0.2) is 77.2 Å². The van der Waals surface area contributed by atoms with E-state index in [0.717, 1.165) is 11.4 Å². The van der Waals surface area contributed by atoms with Crippen molar-refractivity contribution in [2.24, 2.45) is 0 Å². The van der Waals surface area contributed by atoms with E-state index in [0.29, 0.717) is 0 Å². The van der Waals surface area contributed by atoms with Crippen molar-refractivity contribution in [3.05, 3.63) is 77.8 Å². The molecule has 2 nitrogen and oxygen atoms in total. The minimum Gasteiger partial charge on any atom is -0.386 e. The number of benzene rings is 2. The smallest absolute Gasteiger partial charge is 0.0790 e. The highest BCUT2D eigenvalue weighted by molar-refractivity contribution is 7.88. The SMILES string of the molecule is O=S(/C=C/NCc1ccccc1)c1ccccc1. The summed E-state index contributed by atoms with van der Waals surface area (Å²) in [5.41, 5.74) is 1.20. The monoisotopic (exact) mass is 257 g/mol. The largest absolute Gasteiger partial charge is 0.386 e. The summed E-state index contributed by atoms with van der Waals surface area (Å²) in [5, 5.41) is 4.79. The molecule has 0 radical (unpaired) electrons. The Kier molecular flexibility index (Phi) is 4.73. The molecular formula is C15H15NOS. The number of nitrogens with one attached hydrogen (secondary N) is 1. The van der Waals surface area contributed by atoms with Crippen molar-refractivity contribution in [2.45, 2.75) is 11.4 Å². The van der Waals surface area contributed by atoms with E-state index in [-0.39, 0.29) is 0 Å². The Morgan fingerprint density at radius 2 is 1.56 bits per heavy atom. The lowest BCUT2D eigenvalue weighted by Crippen LogP contribution is -2.04. The summed E-state index contributed by atoms with van der Waals surface area (Å²) >= 11 is 0. The molecule has 0 aromatic heterocycles. The molecule has 0 bridgehead atoms. The molecule has 3 heteroatoms. The van der Waals surface area contributed by atoms with E-state index in [1.54, 1.807) is 11.6 Å². The van der Waals surface area contributed by atoms with Gasteiger partial charge in [-0.15, -0.1) is 0 Å². The Hall–Kier alpha value is -1.87. The van der Waals surface area contributed by atoms with Gasteiger partial charge in [0.05, 0.1) is 10.8 Å². The lowest BCUT2D eigenvalue weighted by Gasteiger charge is -2.00. The molecule has 2 aromatic carbocycles. The van der Waals surface area contributed by atoms with Crippen LogP contribution in [0.3, 0.4) is 0 Å². The van der Waals surface area contributed by atoms with E-state index >= 15 is 0 Å². The van der Waals surface area contributed by atoms with E-state index in [9.17, 15) is 4.21 Å². The fourth-order valence-electron chi connectivity index (χ4n) is 1.52. The van der Waals surface area contributed by atoms with Gasteiger partial charge in [0, 0.05) is 23.0 Å². The van der Waals surface area contributed by atoms with Crippen LogP contribution in [0.25, 0.3) is 0 Å². The molecule has 0 aliphatic carbocycles. The highest BCUT2D eigenvalue weighted by Gasteiger charge is 1.96. The first-order valence-electron chi connectivity index (χ1n) is 5.76. The van der Waals surface area contributed by atoms with E-state index in [1.165, 1.54) is 5.56 Å². The van der Waals surface area contributed by atoms with Gasteiger partial charge in [-0.2, -0.15) is 0 Å². The normalized spacial score (nSPS) is 12.4. The Morgan fingerprint density at radius 3 is 2.22 bits per heavy atom. The maximum Gasteiger partial charge on any atom is 0.0790 e. The van der Waals surface area contributed by atoms with Crippen LogP contribution in [-0.2, 0) is 17.3 Å². The van der Waals surface area contributed by atoms with Gasteiger partial charge in [0.25, 0.3) is 0 Å². The molecular weight excluding hydrogens is 242 g/mol. The summed E-state index contributed by atoms with van der Waals surface area (Å²) in [6.45, 7) is 0.739. The fourth-order valence-corrected chi connectivity index (χ4v) is 2.32. The first-order valence-corrected chi connectivity index (χ1v) is 6.97. The maximum atomic E-state index is 11.8. The van der Waals surface area contributed by atoms with Crippen molar-refractivity contribution in [2.75, 3.05) is 0 Å². The van der Waals surface area contributed by atoms with E-state index in [2.05, 4.69) is 17.4 Å². The average molecular weight is 257 g/mol. The summed E-state index contributed by atoms with van der Waals surface area (Å²) < 4.78 is 11.8. The van der Waals surface area contributed by atoms with E-state index < -0.39 is 10.8 Å². The molecule has 2 rings (SSSR count). The number of hydrogen-bond donors (Lipinski definition) is 1. The summed E-state index contributed by atoms with van der Waals surface area (Å²) in [7, 11) is -1.08. The lowest BCUT2D eigenvalue weighted by molar-refractivity contribution is 0.688.